The zero-order valence-corrected chi connectivity index (χ0v) is 16.7. The Kier molecular flexibility index (Phi) is 6.96. The molecule has 1 heterocycles. The Labute approximate surface area is 165 Å². The van der Waals surface area contributed by atoms with Crippen molar-refractivity contribution in [2.45, 2.75) is 13.5 Å². The van der Waals surface area contributed by atoms with Gasteiger partial charge in [0, 0.05) is 48.5 Å². The predicted octanol–water partition coefficient (Wildman–Crippen LogP) is 4.20. The minimum atomic E-state index is -0.148. The third-order valence-corrected chi connectivity index (χ3v) is 5.45. The van der Waals surface area contributed by atoms with Crippen molar-refractivity contribution in [1.82, 2.24) is 4.90 Å². The highest BCUT2D eigenvalue weighted by Crippen LogP contribution is 2.21. The summed E-state index contributed by atoms with van der Waals surface area (Å²) in [5, 5.41) is 2.95. The molecular weight excluding hydrogens is 356 g/mol. The lowest BCUT2D eigenvalue weighted by atomic mass is 10.1. The molecule has 1 aliphatic rings. The lowest BCUT2D eigenvalue weighted by Gasteiger charge is -2.26. The largest absolute Gasteiger partial charge is 0.496 e. The zero-order valence-electron chi connectivity index (χ0n) is 15.9. The molecule has 0 unspecified atom stereocenters. The molecule has 5 heteroatoms. The molecule has 0 aliphatic carbocycles. The number of hydrogen-bond donors (Lipinski definition) is 1. The molecule has 3 rings (SSSR count). The number of carbonyl (C=O) groups is 1. The van der Waals surface area contributed by atoms with Crippen LogP contribution in [0, 0.1) is 6.92 Å². The first kappa shape index (κ1) is 19.5. The van der Waals surface area contributed by atoms with Crippen LogP contribution in [0.15, 0.2) is 48.5 Å². The fourth-order valence-corrected chi connectivity index (χ4v) is 4.08. The van der Waals surface area contributed by atoms with Crippen LogP contribution < -0.4 is 10.1 Å². The van der Waals surface area contributed by atoms with Crippen LogP contribution in [0.3, 0.4) is 0 Å². The van der Waals surface area contributed by atoms with Gasteiger partial charge in [0.05, 0.1) is 7.11 Å². The third kappa shape index (κ3) is 5.88. The number of carbonyl (C=O) groups excluding carboxylic acids is 1. The van der Waals surface area contributed by atoms with Crippen molar-refractivity contribution < 1.29 is 9.53 Å². The summed E-state index contributed by atoms with van der Waals surface area (Å²) < 4.78 is 5.35. The monoisotopic (exact) mass is 382 g/mol. The van der Waals surface area contributed by atoms with Gasteiger partial charge >= 0.3 is 0 Å². The molecule has 0 radical (unpaired) electrons. The second-order valence-corrected chi connectivity index (χ2v) is 7.88. The number of anilines is 1. The molecule has 0 atom stereocenters. The Bertz CT molecular complexity index is 814. The number of ether oxygens (including phenoxy) is 1. The van der Waals surface area contributed by atoms with E-state index in [0.29, 0.717) is 0 Å². The van der Waals surface area contributed by atoms with E-state index in [1.165, 1.54) is 17.1 Å². The Balaban J connectivity index is 1.62. The van der Waals surface area contributed by atoms with Crippen LogP contribution >= 0.6 is 11.8 Å². The van der Waals surface area contributed by atoms with E-state index in [9.17, 15) is 4.79 Å². The normalized spacial score (nSPS) is 15.0. The molecular formula is C22H26N2O2S. The summed E-state index contributed by atoms with van der Waals surface area (Å²) in [7, 11) is 1.63. The van der Waals surface area contributed by atoms with Crippen LogP contribution in [0.2, 0.25) is 0 Å². The second kappa shape index (κ2) is 9.62. The molecule has 2 aromatic carbocycles. The quantitative estimate of drug-likeness (QED) is 0.760. The predicted molar refractivity (Wildman–Crippen MR) is 114 cm³/mol. The fraction of sp³-hybridized carbons (Fsp3) is 0.318. The number of thioether (sulfide) groups is 1. The van der Waals surface area contributed by atoms with Gasteiger partial charge in [-0.3, -0.25) is 9.69 Å². The van der Waals surface area contributed by atoms with E-state index in [4.69, 9.17) is 4.74 Å². The second-order valence-electron chi connectivity index (χ2n) is 6.66. The lowest BCUT2D eigenvalue weighted by Crippen LogP contribution is -2.31. The molecule has 1 saturated heterocycles. The van der Waals surface area contributed by atoms with Crippen LogP contribution in [0.4, 0.5) is 5.69 Å². The van der Waals surface area contributed by atoms with Crippen molar-refractivity contribution in [3.8, 4) is 5.75 Å². The van der Waals surface area contributed by atoms with Gasteiger partial charge in [0.15, 0.2) is 0 Å². The Morgan fingerprint density at radius 1 is 1.22 bits per heavy atom. The zero-order chi connectivity index (χ0) is 19.1. The van der Waals surface area contributed by atoms with Gasteiger partial charge in [0.2, 0.25) is 5.91 Å². The SMILES string of the molecule is COc1ccc(C)cc1/C=C/C(=O)Nc1cccc(CN2CCSCC2)c1. The number of methoxy groups -OCH3 is 1. The van der Waals surface area contributed by atoms with Crippen LogP contribution in [-0.2, 0) is 11.3 Å². The first-order valence-electron chi connectivity index (χ1n) is 9.17. The Hall–Kier alpha value is -2.24. The number of hydrogen-bond acceptors (Lipinski definition) is 4. The molecule has 1 amide bonds. The first-order chi connectivity index (χ1) is 13.1. The van der Waals surface area contributed by atoms with Gasteiger partial charge in [0.1, 0.15) is 5.75 Å². The average Bonchev–Trinajstić information content (AvgIpc) is 2.67. The molecule has 4 nitrogen and oxygen atoms in total. The first-order valence-corrected chi connectivity index (χ1v) is 10.3. The summed E-state index contributed by atoms with van der Waals surface area (Å²) in [6.45, 7) is 5.20. The van der Waals surface area contributed by atoms with Crippen molar-refractivity contribution >= 4 is 29.4 Å². The molecule has 1 aliphatic heterocycles. The molecule has 0 spiro atoms. The number of nitrogens with one attached hydrogen (secondary N) is 1. The van der Waals surface area contributed by atoms with Crippen LogP contribution in [0.5, 0.6) is 5.75 Å². The smallest absolute Gasteiger partial charge is 0.248 e. The van der Waals surface area contributed by atoms with E-state index in [0.717, 1.165) is 42.2 Å². The van der Waals surface area contributed by atoms with Crippen molar-refractivity contribution in [3.63, 3.8) is 0 Å². The van der Waals surface area contributed by atoms with E-state index >= 15 is 0 Å². The van der Waals surface area contributed by atoms with E-state index in [1.54, 1.807) is 19.3 Å². The summed E-state index contributed by atoms with van der Waals surface area (Å²) in [6.07, 6.45) is 3.34. The molecule has 0 bridgehead atoms. The third-order valence-electron chi connectivity index (χ3n) is 4.50. The standard InChI is InChI=1S/C22H26N2O2S/c1-17-6-8-21(26-2)19(14-17)7-9-22(25)23-20-5-3-4-18(15-20)16-24-10-12-27-13-11-24/h3-9,14-15H,10-13,16H2,1-2H3,(H,23,25)/b9-7+. The summed E-state index contributed by atoms with van der Waals surface area (Å²) in [5.41, 5.74) is 4.07. The van der Waals surface area contributed by atoms with Gasteiger partial charge in [-0.2, -0.15) is 11.8 Å². The maximum Gasteiger partial charge on any atom is 0.248 e. The summed E-state index contributed by atoms with van der Waals surface area (Å²) in [4.78, 5) is 14.8. The summed E-state index contributed by atoms with van der Waals surface area (Å²) >= 11 is 2.01. The van der Waals surface area contributed by atoms with E-state index in [2.05, 4.69) is 22.3 Å². The number of rotatable bonds is 6. The molecule has 0 aromatic heterocycles. The Morgan fingerprint density at radius 3 is 2.81 bits per heavy atom. The molecule has 2 aromatic rings. The molecule has 1 N–H and O–H groups in total. The minimum Gasteiger partial charge on any atom is -0.496 e. The maximum absolute atomic E-state index is 12.3. The van der Waals surface area contributed by atoms with Gasteiger partial charge in [-0.05, 0) is 42.8 Å². The highest BCUT2D eigenvalue weighted by atomic mass is 32.2. The van der Waals surface area contributed by atoms with Crippen LogP contribution in [0.1, 0.15) is 16.7 Å². The van der Waals surface area contributed by atoms with Gasteiger partial charge in [0.25, 0.3) is 0 Å². The summed E-state index contributed by atoms with van der Waals surface area (Å²) in [5.74, 6) is 3.00. The number of nitrogens with zero attached hydrogens (tertiary/aromatic N) is 1. The molecule has 0 saturated carbocycles. The van der Waals surface area contributed by atoms with E-state index < -0.39 is 0 Å². The number of aryl methyl sites for hydroxylation is 1. The highest BCUT2D eigenvalue weighted by molar-refractivity contribution is 7.99. The van der Waals surface area contributed by atoms with Gasteiger partial charge in [-0.1, -0.05) is 23.8 Å². The lowest BCUT2D eigenvalue weighted by molar-refractivity contribution is -0.111. The Morgan fingerprint density at radius 2 is 2.04 bits per heavy atom. The minimum absolute atomic E-state index is 0.148. The number of benzene rings is 2. The van der Waals surface area contributed by atoms with Gasteiger partial charge < -0.3 is 10.1 Å². The van der Waals surface area contributed by atoms with Gasteiger partial charge in [-0.15, -0.1) is 0 Å². The molecule has 1 fully saturated rings. The van der Waals surface area contributed by atoms with Crippen molar-refractivity contribution in [2.75, 3.05) is 37.0 Å². The topological polar surface area (TPSA) is 41.6 Å². The van der Waals surface area contributed by atoms with Crippen molar-refractivity contribution in [1.29, 1.82) is 0 Å². The van der Waals surface area contributed by atoms with Crippen LogP contribution in [-0.4, -0.2) is 42.5 Å². The summed E-state index contributed by atoms with van der Waals surface area (Å²) in [6, 6.07) is 14.0. The maximum atomic E-state index is 12.3. The van der Waals surface area contributed by atoms with E-state index in [-0.39, 0.29) is 5.91 Å². The number of amides is 1. The van der Waals surface area contributed by atoms with Crippen LogP contribution in [0.25, 0.3) is 6.08 Å². The molecule has 142 valence electrons. The highest BCUT2D eigenvalue weighted by Gasteiger charge is 2.11. The van der Waals surface area contributed by atoms with Crippen molar-refractivity contribution in [2.24, 2.45) is 0 Å². The fourth-order valence-electron chi connectivity index (χ4n) is 3.10. The van der Waals surface area contributed by atoms with Gasteiger partial charge in [-0.25, -0.2) is 0 Å². The van der Waals surface area contributed by atoms with Crippen molar-refractivity contribution in [3.05, 3.63) is 65.2 Å². The average molecular weight is 383 g/mol. The van der Waals surface area contributed by atoms with E-state index in [1.807, 2.05) is 49.0 Å². The molecule has 27 heavy (non-hydrogen) atoms.